The first kappa shape index (κ1) is 20.7. The molecule has 0 spiro atoms. The van der Waals surface area contributed by atoms with Crippen LogP contribution in [0.15, 0.2) is 23.1 Å². The van der Waals surface area contributed by atoms with Gasteiger partial charge in [0.05, 0.1) is 18.0 Å². The summed E-state index contributed by atoms with van der Waals surface area (Å²) in [6.45, 7) is 4.03. The third-order valence-electron chi connectivity index (χ3n) is 4.74. The summed E-state index contributed by atoms with van der Waals surface area (Å²) in [6, 6.07) is 4.92. The first-order valence-electron chi connectivity index (χ1n) is 9.33. The normalized spacial score (nSPS) is 16.3. The maximum absolute atomic E-state index is 12.7. The molecule has 1 aliphatic rings. The van der Waals surface area contributed by atoms with Gasteiger partial charge in [0.2, 0.25) is 15.9 Å². The van der Waals surface area contributed by atoms with Crippen LogP contribution in [0.5, 0.6) is 5.75 Å². The first-order valence-corrected chi connectivity index (χ1v) is 10.8. The lowest BCUT2D eigenvalue weighted by molar-refractivity contribution is -0.121. The summed E-state index contributed by atoms with van der Waals surface area (Å²) in [6.07, 6.45) is 6.59. The Morgan fingerprint density at radius 2 is 1.88 bits per heavy atom. The fraction of sp³-hybridized carbons (Fsp3) is 0.632. The second kappa shape index (κ2) is 9.37. The number of amides is 1. The van der Waals surface area contributed by atoms with E-state index in [-0.39, 0.29) is 23.4 Å². The Labute approximate surface area is 157 Å². The van der Waals surface area contributed by atoms with Gasteiger partial charge in [-0.1, -0.05) is 25.7 Å². The molecule has 1 aliphatic carbocycles. The smallest absolute Gasteiger partial charge is 0.243 e. The van der Waals surface area contributed by atoms with E-state index in [1.165, 1.54) is 26.0 Å². The number of hydrogen-bond donors (Lipinski definition) is 1. The Morgan fingerprint density at radius 1 is 1.23 bits per heavy atom. The van der Waals surface area contributed by atoms with Crippen molar-refractivity contribution in [2.24, 2.45) is 0 Å². The molecule has 1 aromatic rings. The molecule has 0 aliphatic heterocycles. The standard InChI is InChI=1S/C19H30N2O4S/c1-4-25-18-12-11-17(13-15(18)2)26(23,24)21(3)14-19(22)20-16-9-7-5-6-8-10-16/h11-13,16H,4-10,14H2,1-3H3,(H,20,22). The minimum absolute atomic E-state index is 0.161. The van der Waals surface area contributed by atoms with E-state index >= 15 is 0 Å². The summed E-state index contributed by atoms with van der Waals surface area (Å²) >= 11 is 0. The van der Waals surface area contributed by atoms with Crippen molar-refractivity contribution in [1.82, 2.24) is 9.62 Å². The number of benzene rings is 1. The van der Waals surface area contributed by atoms with E-state index < -0.39 is 10.0 Å². The lowest BCUT2D eigenvalue weighted by atomic mass is 10.1. The zero-order chi connectivity index (χ0) is 19.2. The highest BCUT2D eigenvalue weighted by atomic mass is 32.2. The van der Waals surface area contributed by atoms with Gasteiger partial charge in [-0.2, -0.15) is 4.31 Å². The maximum Gasteiger partial charge on any atom is 0.243 e. The van der Waals surface area contributed by atoms with Crippen molar-refractivity contribution < 1.29 is 17.9 Å². The number of rotatable bonds is 7. The molecule has 0 heterocycles. The van der Waals surface area contributed by atoms with Crippen LogP contribution < -0.4 is 10.1 Å². The van der Waals surface area contributed by atoms with Gasteiger partial charge in [0.15, 0.2) is 0 Å². The van der Waals surface area contributed by atoms with Crippen LogP contribution in [0.4, 0.5) is 0 Å². The summed E-state index contributed by atoms with van der Waals surface area (Å²) in [5.41, 5.74) is 0.754. The monoisotopic (exact) mass is 382 g/mol. The molecule has 0 radical (unpaired) electrons. The van der Waals surface area contributed by atoms with Crippen LogP contribution in [0.2, 0.25) is 0 Å². The van der Waals surface area contributed by atoms with Gasteiger partial charge in [0.1, 0.15) is 5.75 Å². The molecule has 0 atom stereocenters. The van der Waals surface area contributed by atoms with Gasteiger partial charge in [-0.3, -0.25) is 4.79 Å². The van der Waals surface area contributed by atoms with Gasteiger partial charge in [-0.15, -0.1) is 0 Å². The van der Waals surface area contributed by atoms with Crippen LogP contribution in [-0.4, -0.2) is 44.9 Å². The fourth-order valence-corrected chi connectivity index (χ4v) is 4.48. The number of nitrogens with one attached hydrogen (secondary N) is 1. The topological polar surface area (TPSA) is 75.7 Å². The molecule has 1 fully saturated rings. The highest BCUT2D eigenvalue weighted by Crippen LogP contribution is 2.23. The van der Waals surface area contributed by atoms with Gasteiger partial charge < -0.3 is 10.1 Å². The minimum atomic E-state index is -3.72. The average molecular weight is 383 g/mol. The number of carbonyl (C=O) groups excluding carboxylic acids is 1. The molecule has 6 nitrogen and oxygen atoms in total. The van der Waals surface area contributed by atoms with Crippen molar-refractivity contribution in [3.05, 3.63) is 23.8 Å². The number of aryl methyl sites for hydroxylation is 1. The number of hydrogen-bond acceptors (Lipinski definition) is 4. The summed E-state index contributed by atoms with van der Waals surface area (Å²) in [4.78, 5) is 12.5. The van der Waals surface area contributed by atoms with Crippen molar-refractivity contribution in [3.63, 3.8) is 0 Å². The molecule has 2 rings (SSSR count). The van der Waals surface area contributed by atoms with Crippen LogP contribution in [0, 0.1) is 6.92 Å². The molecule has 146 valence electrons. The quantitative estimate of drug-likeness (QED) is 0.736. The van der Waals surface area contributed by atoms with Gasteiger partial charge in [0, 0.05) is 13.1 Å². The Hall–Kier alpha value is -1.60. The van der Waals surface area contributed by atoms with Crippen LogP contribution in [0.3, 0.4) is 0 Å². The Kier molecular flexibility index (Phi) is 7.46. The number of sulfonamides is 1. The Morgan fingerprint density at radius 3 is 2.46 bits per heavy atom. The van der Waals surface area contributed by atoms with Gasteiger partial charge in [0.25, 0.3) is 0 Å². The molecule has 0 aromatic heterocycles. The molecule has 1 aromatic carbocycles. The van der Waals surface area contributed by atoms with E-state index in [2.05, 4.69) is 5.32 Å². The van der Waals surface area contributed by atoms with E-state index in [0.29, 0.717) is 12.4 Å². The van der Waals surface area contributed by atoms with Crippen molar-refractivity contribution in [2.75, 3.05) is 20.2 Å². The molecule has 0 unspecified atom stereocenters. The number of likely N-dealkylation sites (N-methyl/N-ethyl adjacent to an activating group) is 1. The lowest BCUT2D eigenvalue weighted by Gasteiger charge is -2.21. The third-order valence-corrected chi connectivity index (χ3v) is 6.54. The van der Waals surface area contributed by atoms with Crippen LogP contribution in [0.1, 0.15) is 51.0 Å². The maximum atomic E-state index is 12.7. The van der Waals surface area contributed by atoms with E-state index in [0.717, 1.165) is 35.6 Å². The van der Waals surface area contributed by atoms with Crippen LogP contribution >= 0.6 is 0 Å². The zero-order valence-electron chi connectivity index (χ0n) is 16.0. The van der Waals surface area contributed by atoms with Crippen molar-refractivity contribution >= 4 is 15.9 Å². The van der Waals surface area contributed by atoms with Gasteiger partial charge in [-0.05, 0) is 50.5 Å². The average Bonchev–Trinajstić information content (AvgIpc) is 2.85. The highest BCUT2D eigenvalue weighted by molar-refractivity contribution is 7.89. The zero-order valence-corrected chi connectivity index (χ0v) is 16.8. The van der Waals surface area contributed by atoms with Gasteiger partial charge >= 0.3 is 0 Å². The molecule has 1 amide bonds. The Bertz CT molecular complexity index is 710. The molecular weight excluding hydrogens is 352 g/mol. The van der Waals surface area contributed by atoms with Crippen LogP contribution in [0.25, 0.3) is 0 Å². The summed E-state index contributed by atoms with van der Waals surface area (Å²) in [5.74, 6) is 0.422. The molecule has 7 heteroatoms. The van der Waals surface area contributed by atoms with E-state index in [4.69, 9.17) is 4.74 Å². The summed E-state index contributed by atoms with van der Waals surface area (Å²) < 4.78 is 32.0. The first-order chi connectivity index (χ1) is 12.3. The van der Waals surface area contributed by atoms with E-state index in [1.807, 2.05) is 13.8 Å². The van der Waals surface area contributed by atoms with E-state index in [9.17, 15) is 13.2 Å². The fourth-order valence-electron chi connectivity index (χ4n) is 3.26. The lowest BCUT2D eigenvalue weighted by Crippen LogP contribution is -2.42. The van der Waals surface area contributed by atoms with Crippen molar-refractivity contribution in [1.29, 1.82) is 0 Å². The minimum Gasteiger partial charge on any atom is -0.494 e. The molecule has 1 N–H and O–H groups in total. The summed E-state index contributed by atoms with van der Waals surface area (Å²) in [7, 11) is -2.28. The third kappa shape index (κ3) is 5.45. The summed E-state index contributed by atoms with van der Waals surface area (Å²) in [5, 5.41) is 2.99. The highest BCUT2D eigenvalue weighted by Gasteiger charge is 2.24. The predicted molar refractivity (Wildman–Crippen MR) is 102 cm³/mol. The number of carbonyl (C=O) groups is 1. The molecular formula is C19H30N2O4S. The number of nitrogens with zero attached hydrogens (tertiary/aromatic N) is 1. The molecule has 0 bridgehead atoms. The second-order valence-electron chi connectivity index (χ2n) is 6.88. The van der Waals surface area contributed by atoms with Crippen molar-refractivity contribution in [2.45, 2.75) is 63.3 Å². The van der Waals surface area contributed by atoms with E-state index in [1.54, 1.807) is 12.1 Å². The number of ether oxygens (including phenoxy) is 1. The predicted octanol–water partition coefficient (Wildman–Crippen LogP) is 2.85. The van der Waals surface area contributed by atoms with Gasteiger partial charge in [-0.25, -0.2) is 8.42 Å². The molecule has 0 saturated heterocycles. The Balaban J connectivity index is 2.01. The SMILES string of the molecule is CCOc1ccc(S(=O)(=O)N(C)CC(=O)NC2CCCCCC2)cc1C. The second-order valence-corrected chi connectivity index (χ2v) is 8.92. The largest absolute Gasteiger partial charge is 0.494 e. The molecule has 1 saturated carbocycles. The molecule has 26 heavy (non-hydrogen) atoms. The van der Waals surface area contributed by atoms with Crippen LogP contribution in [-0.2, 0) is 14.8 Å². The van der Waals surface area contributed by atoms with Crippen molar-refractivity contribution in [3.8, 4) is 5.75 Å².